The molecule has 0 fully saturated rings. The molecule has 3 aromatic rings. The Morgan fingerprint density at radius 2 is 1.09 bits per heavy atom. The zero-order valence-corrected chi connectivity index (χ0v) is 11.8. The van der Waals surface area contributed by atoms with Gasteiger partial charge in [0, 0.05) is 6.07 Å². The summed E-state index contributed by atoms with van der Waals surface area (Å²) in [7, 11) is 0. The fourth-order valence-corrected chi connectivity index (χ4v) is 2.26. The van der Waals surface area contributed by atoms with Crippen molar-refractivity contribution in [3.8, 4) is 11.1 Å². The van der Waals surface area contributed by atoms with Gasteiger partial charge in [-0.25, -0.2) is 8.78 Å². The fraction of sp³-hybridized carbons (Fsp3) is 0. The molecule has 0 radical (unpaired) electrons. The van der Waals surface area contributed by atoms with Crippen molar-refractivity contribution >= 4 is 12.2 Å². The molecule has 2 heteroatoms. The van der Waals surface area contributed by atoms with Crippen molar-refractivity contribution in [2.24, 2.45) is 0 Å². The van der Waals surface area contributed by atoms with Crippen LogP contribution in [0.15, 0.2) is 72.8 Å². The van der Waals surface area contributed by atoms with E-state index in [4.69, 9.17) is 0 Å². The maximum Gasteiger partial charge on any atom is 0.126 e. The van der Waals surface area contributed by atoms with Gasteiger partial charge >= 0.3 is 0 Å². The van der Waals surface area contributed by atoms with E-state index in [1.807, 2.05) is 66.7 Å². The number of rotatable bonds is 3. The highest BCUT2D eigenvalue weighted by atomic mass is 19.1. The standard InChI is InChI=1S/C20H14F2/c21-19-12-18(13-20(22)14-19)17-10-8-16(9-11-17)7-6-15-4-2-1-3-5-15/h1-14H. The Balaban J connectivity index is 1.82. The average Bonchev–Trinajstić information content (AvgIpc) is 2.53. The number of benzene rings is 3. The van der Waals surface area contributed by atoms with Gasteiger partial charge in [0.1, 0.15) is 11.6 Å². The zero-order chi connectivity index (χ0) is 15.4. The first kappa shape index (κ1) is 14.2. The molecule has 0 saturated heterocycles. The van der Waals surface area contributed by atoms with Crippen LogP contribution in [0.3, 0.4) is 0 Å². The minimum absolute atomic E-state index is 0.538. The molecule has 0 aliphatic heterocycles. The molecule has 0 amide bonds. The van der Waals surface area contributed by atoms with Crippen LogP contribution in [0.25, 0.3) is 23.3 Å². The second-order valence-electron chi connectivity index (χ2n) is 5.02. The second kappa shape index (κ2) is 6.35. The molecule has 0 nitrogen and oxygen atoms in total. The van der Waals surface area contributed by atoms with Crippen LogP contribution in [-0.2, 0) is 0 Å². The summed E-state index contributed by atoms with van der Waals surface area (Å²) in [4.78, 5) is 0. The van der Waals surface area contributed by atoms with Crippen LogP contribution < -0.4 is 0 Å². The Labute approximate surface area is 128 Å². The van der Waals surface area contributed by atoms with Crippen LogP contribution >= 0.6 is 0 Å². The molecule has 0 spiro atoms. The number of hydrogen-bond donors (Lipinski definition) is 0. The third-order valence-corrected chi connectivity index (χ3v) is 3.37. The summed E-state index contributed by atoms with van der Waals surface area (Å²) in [5.74, 6) is -1.13. The molecule has 3 aromatic carbocycles. The molecule has 108 valence electrons. The minimum atomic E-state index is -0.567. The van der Waals surface area contributed by atoms with Crippen molar-refractivity contribution < 1.29 is 8.78 Å². The van der Waals surface area contributed by atoms with Crippen molar-refractivity contribution in [2.75, 3.05) is 0 Å². The molecule has 0 bridgehead atoms. The highest BCUT2D eigenvalue weighted by Crippen LogP contribution is 2.22. The summed E-state index contributed by atoms with van der Waals surface area (Å²) in [5.41, 5.74) is 3.48. The summed E-state index contributed by atoms with van der Waals surface area (Å²) in [6.45, 7) is 0. The van der Waals surface area contributed by atoms with Crippen LogP contribution in [0.1, 0.15) is 11.1 Å². The monoisotopic (exact) mass is 292 g/mol. The topological polar surface area (TPSA) is 0 Å². The summed E-state index contributed by atoms with van der Waals surface area (Å²) >= 11 is 0. The Kier molecular flexibility index (Phi) is 4.10. The lowest BCUT2D eigenvalue weighted by molar-refractivity contribution is 0.584. The van der Waals surface area contributed by atoms with Gasteiger partial charge in [-0.1, -0.05) is 66.7 Å². The lowest BCUT2D eigenvalue weighted by Gasteiger charge is -2.03. The van der Waals surface area contributed by atoms with Crippen molar-refractivity contribution in [3.05, 3.63) is 95.6 Å². The third-order valence-electron chi connectivity index (χ3n) is 3.37. The maximum absolute atomic E-state index is 13.3. The Bertz CT molecular complexity index is 767. The van der Waals surface area contributed by atoms with Crippen LogP contribution in [-0.4, -0.2) is 0 Å². The Morgan fingerprint density at radius 1 is 0.545 bits per heavy atom. The third kappa shape index (κ3) is 3.47. The van der Waals surface area contributed by atoms with Gasteiger partial charge in [-0.05, 0) is 34.4 Å². The molecule has 0 N–H and O–H groups in total. The largest absolute Gasteiger partial charge is 0.207 e. The van der Waals surface area contributed by atoms with Crippen LogP contribution in [0.4, 0.5) is 8.78 Å². The van der Waals surface area contributed by atoms with Gasteiger partial charge in [-0.2, -0.15) is 0 Å². The quantitative estimate of drug-likeness (QED) is 0.535. The fourth-order valence-electron chi connectivity index (χ4n) is 2.26. The Hall–Kier alpha value is -2.74. The molecule has 3 rings (SSSR count). The molecular weight excluding hydrogens is 278 g/mol. The number of halogens is 2. The second-order valence-corrected chi connectivity index (χ2v) is 5.02. The van der Waals surface area contributed by atoms with E-state index in [9.17, 15) is 8.78 Å². The van der Waals surface area contributed by atoms with Gasteiger partial charge in [-0.3, -0.25) is 0 Å². The van der Waals surface area contributed by atoms with Gasteiger partial charge < -0.3 is 0 Å². The van der Waals surface area contributed by atoms with Crippen LogP contribution in [0, 0.1) is 11.6 Å². The summed E-state index contributed by atoms with van der Waals surface area (Å²) in [6.07, 6.45) is 4.03. The van der Waals surface area contributed by atoms with Crippen LogP contribution in [0.2, 0.25) is 0 Å². The molecule has 0 saturated carbocycles. The normalized spacial score (nSPS) is 11.0. The van der Waals surface area contributed by atoms with Crippen molar-refractivity contribution in [1.29, 1.82) is 0 Å². The van der Waals surface area contributed by atoms with E-state index in [0.29, 0.717) is 5.56 Å². The predicted octanol–water partition coefficient (Wildman–Crippen LogP) is 5.80. The molecule has 0 aliphatic carbocycles. The van der Waals surface area contributed by atoms with Crippen molar-refractivity contribution in [1.82, 2.24) is 0 Å². The summed E-state index contributed by atoms with van der Waals surface area (Å²) in [6, 6.07) is 21.1. The minimum Gasteiger partial charge on any atom is -0.207 e. The maximum atomic E-state index is 13.3. The van der Waals surface area contributed by atoms with E-state index in [-0.39, 0.29) is 0 Å². The molecule has 0 aromatic heterocycles. The van der Waals surface area contributed by atoms with Crippen LogP contribution in [0.5, 0.6) is 0 Å². The van der Waals surface area contributed by atoms with E-state index in [2.05, 4.69) is 0 Å². The average molecular weight is 292 g/mol. The number of hydrogen-bond acceptors (Lipinski definition) is 0. The molecule has 0 atom stereocenters. The van der Waals surface area contributed by atoms with E-state index >= 15 is 0 Å². The van der Waals surface area contributed by atoms with Crippen molar-refractivity contribution in [2.45, 2.75) is 0 Å². The summed E-state index contributed by atoms with van der Waals surface area (Å²) in [5, 5.41) is 0. The lowest BCUT2D eigenvalue weighted by Crippen LogP contribution is -1.84. The smallest absolute Gasteiger partial charge is 0.126 e. The van der Waals surface area contributed by atoms with Gasteiger partial charge in [0.15, 0.2) is 0 Å². The van der Waals surface area contributed by atoms with Crippen molar-refractivity contribution in [3.63, 3.8) is 0 Å². The van der Waals surface area contributed by atoms with Gasteiger partial charge in [0.25, 0.3) is 0 Å². The lowest BCUT2D eigenvalue weighted by atomic mass is 10.0. The molecule has 0 heterocycles. The Morgan fingerprint density at radius 3 is 1.68 bits per heavy atom. The first-order valence-electron chi connectivity index (χ1n) is 7.00. The van der Waals surface area contributed by atoms with E-state index in [1.165, 1.54) is 12.1 Å². The van der Waals surface area contributed by atoms with E-state index < -0.39 is 11.6 Å². The summed E-state index contributed by atoms with van der Waals surface area (Å²) < 4.78 is 26.5. The molecular formula is C20H14F2. The molecule has 22 heavy (non-hydrogen) atoms. The molecule has 0 unspecified atom stereocenters. The molecule has 0 aliphatic rings. The SMILES string of the molecule is Fc1cc(F)cc(-c2ccc(C=Cc3ccccc3)cc2)c1. The first-order chi connectivity index (χ1) is 10.7. The van der Waals surface area contributed by atoms with Gasteiger partial charge in [0.2, 0.25) is 0 Å². The van der Waals surface area contributed by atoms with E-state index in [0.717, 1.165) is 22.8 Å². The predicted molar refractivity (Wildman–Crippen MR) is 87.2 cm³/mol. The first-order valence-corrected chi connectivity index (χ1v) is 7.00. The van der Waals surface area contributed by atoms with Gasteiger partial charge in [0.05, 0.1) is 0 Å². The highest BCUT2D eigenvalue weighted by Gasteiger charge is 2.02. The van der Waals surface area contributed by atoms with Gasteiger partial charge in [-0.15, -0.1) is 0 Å². The highest BCUT2D eigenvalue weighted by molar-refractivity contribution is 5.72. The zero-order valence-electron chi connectivity index (χ0n) is 11.8. The van der Waals surface area contributed by atoms with E-state index in [1.54, 1.807) is 0 Å².